The van der Waals surface area contributed by atoms with Crippen molar-refractivity contribution in [2.75, 3.05) is 32.7 Å². The first-order valence-electron chi connectivity index (χ1n) is 17.4. The normalized spacial score (nSPS) is 21.5. The molecular weight excluding hydrogens is 621 g/mol. The van der Waals surface area contributed by atoms with Crippen LogP contribution in [0.25, 0.3) is 10.9 Å². The van der Waals surface area contributed by atoms with E-state index in [-0.39, 0.29) is 17.7 Å². The Morgan fingerprint density at radius 3 is 2.52 bits per heavy atom. The second-order valence-electron chi connectivity index (χ2n) is 14.2. The number of nitrogens with one attached hydrogen (secondary N) is 2. The highest BCUT2D eigenvalue weighted by Gasteiger charge is 2.31. The van der Waals surface area contributed by atoms with Gasteiger partial charge in [0.05, 0.1) is 22.4 Å². The lowest BCUT2D eigenvalue weighted by Crippen LogP contribution is -2.42. The Kier molecular flexibility index (Phi) is 10.5. The number of benzene rings is 2. The van der Waals surface area contributed by atoms with Crippen molar-refractivity contribution in [1.29, 1.82) is 5.26 Å². The molecule has 48 heavy (non-hydrogen) atoms. The average molecular weight is 669 g/mol. The first kappa shape index (κ1) is 34.1. The van der Waals surface area contributed by atoms with Crippen LogP contribution in [0.1, 0.15) is 86.5 Å². The number of imide groups is 1. The van der Waals surface area contributed by atoms with Crippen molar-refractivity contribution >= 4 is 33.7 Å². The van der Waals surface area contributed by atoms with Crippen molar-refractivity contribution in [1.82, 2.24) is 24.4 Å². The van der Waals surface area contributed by atoms with E-state index in [2.05, 4.69) is 64.1 Å². The summed E-state index contributed by atoms with van der Waals surface area (Å²) in [5, 5.41) is 16.9. The Morgan fingerprint density at radius 1 is 1.08 bits per heavy atom. The minimum absolute atomic E-state index is 0.187. The minimum Gasteiger partial charge on any atom is -0.386 e. The largest absolute Gasteiger partial charge is 0.386 e. The predicted molar refractivity (Wildman–Crippen MR) is 189 cm³/mol. The molecule has 3 aliphatic heterocycles. The zero-order valence-corrected chi connectivity index (χ0v) is 29.3. The fraction of sp³-hybridized carbons (Fsp3) is 0.500. The second-order valence-corrected chi connectivity index (χ2v) is 15.7. The summed E-state index contributed by atoms with van der Waals surface area (Å²) in [7, 11) is 0.787. The van der Waals surface area contributed by atoms with Crippen LogP contribution in [0.15, 0.2) is 59.8 Å². The summed E-state index contributed by atoms with van der Waals surface area (Å²) in [6.07, 6.45) is 7.79. The quantitative estimate of drug-likeness (QED) is 0.286. The van der Waals surface area contributed by atoms with Gasteiger partial charge in [0.2, 0.25) is 11.8 Å². The lowest BCUT2D eigenvalue weighted by atomic mass is 9.87. The molecule has 3 fully saturated rings. The molecule has 0 radical (unpaired) electrons. The van der Waals surface area contributed by atoms with Crippen LogP contribution < -0.4 is 10.6 Å². The molecule has 1 aromatic heterocycles. The maximum atomic E-state index is 13.5. The third-order valence-electron chi connectivity index (χ3n) is 10.4. The van der Waals surface area contributed by atoms with E-state index in [1.54, 1.807) is 0 Å². The highest BCUT2D eigenvalue weighted by molar-refractivity contribution is 7.82. The van der Waals surface area contributed by atoms with E-state index >= 15 is 0 Å². The van der Waals surface area contributed by atoms with Gasteiger partial charge < -0.3 is 14.8 Å². The Bertz CT molecular complexity index is 1760. The molecule has 10 heteroatoms. The number of nitrogens with zero attached hydrogens (tertiary/aromatic N) is 4. The van der Waals surface area contributed by atoms with Crippen LogP contribution in [0.5, 0.6) is 0 Å². The van der Waals surface area contributed by atoms with Crippen LogP contribution in [0.3, 0.4) is 0 Å². The average Bonchev–Trinajstić information content (AvgIpc) is 3.39. The number of carbonyl (C=O) groups is 2. The van der Waals surface area contributed by atoms with Crippen LogP contribution >= 0.6 is 0 Å². The third kappa shape index (κ3) is 7.59. The first-order valence-corrected chi connectivity index (χ1v) is 18.5. The van der Waals surface area contributed by atoms with Crippen LogP contribution in [-0.2, 0) is 34.0 Å². The molecule has 0 bridgehead atoms. The molecule has 6 rings (SSSR count). The van der Waals surface area contributed by atoms with Gasteiger partial charge >= 0.3 is 0 Å². The predicted octanol–water partition coefficient (Wildman–Crippen LogP) is 5.24. The van der Waals surface area contributed by atoms with Crippen molar-refractivity contribution in [3.8, 4) is 6.07 Å². The first-order chi connectivity index (χ1) is 23.1. The minimum atomic E-state index is -1.24. The smallest absolute Gasteiger partial charge is 0.234 e. The zero-order chi connectivity index (χ0) is 33.9. The van der Waals surface area contributed by atoms with Crippen LogP contribution in [0.2, 0.25) is 0 Å². The molecule has 3 atom stereocenters. The Morgan fingerprint density at radius 2 is 1.83 bits per heavy atom. The fourth-order valence-electron chi connectivity index (χ4n) is 7.90. The highest BCUT2D eigenvalue weighted by atomic mass is 32.2. The number of hydrogen-bond donors (Lipinski definition) is 2. The van der Waals surface area contributed by atoms with Gasteiger partial charge in [-0.05, 0) is 111 Å². The SMILES string of the molecule is C=C(C)NC1CCN(S(=O)c2ccc(C#N)c(CC(C)CN3CCC(c4ccc5c(C6CCC(=O)NC6=O)cn(C)c5c4)CC3)c2)CC1. The number of hydrogen-bond acceptors (Lipinski definition) is 6. The number of allylic oxidation sites excluding steroid dienone is 1. The number of rotatable bonds is 10. The number of nitriles is 1. The Balaban J connectivity index is 1.04. The van der Waals surface area contributed by atoms with Crippen molar-refractivity contribution in [3.63, 3.8) is 0 Å². The molecule has 0 saturated carbocycles. The molecule has 2 aromatic carbocycles. The summed E-state index contributed by atoms with van der Waals surface area (Å²) in [6, 6.07) is 15.1. The van der Waals surface area contributed by atoms with Gasteiger partial charge in [-0.15, -0.1) is 0 Å². The van der Waals surface area contributed by atoms with Gasteiger partial charge in [0, 0.05) is 61.9 Å². The van der Waals surface area contributed by atoms with E-state index in [1.165, 1.54) is 5.56 Å². The van der Waals surface area contributed by atoms with Gasteiger partial charge in [-0.2, -0.15) is 5.26 Å². The number of aromatic nitrogens is 1. The van der Waals surface area contributed by atoms with Gasteiger partial charge in [-0.1, -0.05) is 25.6 Å². The monoisotopic (exact) mass is 668 g/mol. The molecule has 2 N–H and O–H groups in total. The molecule has 0 spiro atoms. The molecule has 9 nitrogen and oxygen atoms in total. The lowest BCUT2D eigenvalue weighted by Gasteiger charge is -2.34. The molecule has 3 saturated heterocycles. The van der Waals surface area contributed by atoms with Crippen molar-refractivity contribution in [3.05, 3.63) is 77.1 Å². The number of carbonyl (C=O) groups excluding carboxylic acids is 2. The Labute approximate surface area is 286 Å². The molecule has 254 valence electrons. The molecule has 3 unspecified atom stereocenters. The van der Waals surface area contributed by atoms with Gasteiger partial charge in [-0.3, -0.25) is 14.9 Å². The maximum absolute atomic E-state index is 13.5. The van der Waals surface area contributed by atoms with E-state index in [0.717, 1.165) is 97.5 Å². The van der Waals surface area contributed by atoms with Gasteiger partial charge in [0.1, 0.15) is 11.0 Å². The van der Waals surface area contributed by atoms with Crippen LogP contribution in [0, 0.1) is 17.2 Å². The summed E-state index contributed by atoms with van der Waals surface area (Å²) < 4.78 is 17.7. The van der Waals surface area contributed by atoms with Crippen molar-refractivity contribution < 1.29 is 13.8 Å². The number of piperidine rings is 3. The van der Waals surface area contributed by atoms with E-state index in [4.69, 9.17) is 0 Å². The fourth-order valence-corrected chi connectivity index (χ4v) is 9.17. The van der Waals surface area contributed by atoms with Gasteiger partial charge in [-0.25, -0.2) is 8.51 Å². The number of amides is 2. The summed E-state index contributed by atoms with van der Waals surface area (Å²) in [6.45, 7) is 12.7. The van der Waals surface area contributed by atoms with Gasteiger partial charge in [0.25, 0.3) is 0 Å². The van der Waals surface area contributed by atoms with Gasteiger partial charge in [0.15, 0.2) is 0 Å². The molecule has 2 amide bonds. The van der Waals surface area contributed by atoms with E-state index in [9.17, 15) is 19.1 Å². The molecule has 4 heterocycles. The summed E-state index contributed by atoms with van der Waals surface area (Å²) in [5.41, 5.74) is 6.09. The zero-order valence-electron chi connectivity index (χ0n) is 28.5. The number of likely N-dealkylation sites (tertiary alicyclic amines) is 1. The van der Waals surface area contributed by atoms with E-state index < -0.39 is 11.0 Å². The topological polar surface area (TPSA) is 110 Å². The molecule has 0 aliphatic carbocycles. The van der Waals surface area contributed by atoms with Crippen LogP contribution in [0.4, 0.5) is 0 Å². The second kappa shape index (κ2) is 14.8. The summed E-state index contributed by atoms with van der Waals surface area (Å²) in [5.74, 6) is 0.163. The summed E-state index contributed by atoms with van der Waals surface area (Å²) >= 11 is 0. The highest BCUT2D eigenvalue weighted by Crippen LogP contribution is 2.36. The number of fused-ring (bicyclic) bond motifs is 1. The molecule has 3 aromatic rings. The van der Waals surface area contributed by atoms with E-state index in [0.29, 0.717) is 36.3 Å². The molecular formula is C38H48N6O3S. The van der Waals surface area contributed by atoms with Crippen molar-refractivity contribution in [2.45, 2.75) is 81.6 Å². The number of aryl methyl sites for hydroxylation is 1. The lowest BCUT2D eigenvalue weighted by molar-refractivity contribution is -0.134. The third-order valence-corrected chi connectivity index (χ3v) is 11.9. The van der Waals surface area contributed by atoms with E-state index in [1.807, 2.05) is 36.5 Å². The van der Waals surface area contributed by atoms with Crippen LogP contribution in [-0.4, -0.2) is 68.6 Å². The Hall–Kier alpha value is -3.78. The van der Waals surface area contributed by atoms with Crippen molar-refractivity contribution in [2.24, 2.45) is 13.0 Å². The summed E-state index contributed by atoms with van der Waals surface area (Å²) in [4.78, 5) is 27.6. The standard InChI is InChI=1S/C38H48N6O3S/c1-25(2)40-31-13-17-44(18-14-31)48(47)32-7-5-29(22-39)30(20-32)19-26(3)23-43-15-11-27(12-16-43)28-6-8-33-35(24-42(4)36(33)21-28)34-9-10-37(45)41-38(34)46/h5-8,20-21,24,26-27,31,34,40H,1,9-19,23H2,2-4H3,(H,41,45,46). The maximum Gasteiger partial charge on any atom is 0.234 e. The molecule has 3 aliphatic rings.